The Labute approximate surface area is 204 Å². The molecule has 0 bridgehead atoms. The van der Waals surface area contributed by atoms with E-state index in [4.69, 9.17) is 9.47 Å². The maximum Gasteiger partial charge on any atom is 0.340 e. The smallest absolute Gasteiger partial charge is 0.340 e. The van der Waals surface area contributed by atoms with E-state index >= 15 is 0 Å². The zero-order valence-electron chi connectivity index (χ0n) is 19.7. The zero-order valence-corrected chi connectivity index (χ0v) is 19.7. The molecule has 1 aliphatic carbocycles. The van der Waals surface area contributed by atoms with Crippen molar-refractivity contribution in [2.24, 2.45) is 5.92 Å². The van der Waals surface area contributed by atoms with Crippen molar-refractivity contribution in [1.29, 1.82) is 0 Å². The first-order valence-electron chi connectivity index (χ1n) is 11.5. The molecule has 0 aromatic heterocycles. The number of carbonyl (C=O) groups excluding carboxylic acids is 3. The molecule has 35 heavy (non-hydrogen) atoms. The third kappa shape index (κ3) is 6.26. The fraction of sp³-hybridized carbons (Fsp3) is 0.250. The predicted octanol–water partition coefficient (Wildman–Crippen LogP) is 4.68. The van der Waals surface area contributed by atoms with Crippen molar-refractivity contribution in [2.75, 3.05) is 19.0 Å². The van der Waals surface area contributed by atoms with Crippen LogP contribution in [0.5, 0.6) is 5.75 Å². The van der Waals surface area contributed by atoms with E-state index in [0.717, 1.165) is 29.7 Å². The van der Waals surface area contributed by atoms with Crippen molar-refractivity contribution < 1.29 is 23.9 Å². The maximum atomic E-state index is 12.7. The summed E-state index contributed by atoms with van der Waals surface area (Å²) >= 11 is 0. The first kappa shape index (κ1) is 24.0. The van der Waals surface area contributed by atoms with Gasteiger partial charge in [0.2, 0.25) is 0 Å². The van der Waals surface area contributed by atoms with E-state index < -0.39 is 12.6 Å². The average Bonchev–Trinajstić information content (AvgIpc) is 3.71. The van der Waals surface area contributed by atoms with Crippen LogP contribution in [0.15, 0.2) is 72.8 Å². The van der Waals surface area contributed by atoms with Gasteiger partial charge in [-0.05, 0) is 67.6 Å². The number of benzene rings is 3. The third-order valence-corrected chi connectivity index (χ3v) is 5.89. The molecule has 0 heterocycles. The molecule has 1 saturated carbocycles. The minimum Gasteiger partial charge on any atom is -0.497 e. The molecular weight excluding hydrogens is 444 g/mol. The summed E-state index contributed by atoms with van der Waals surface area (Å²) in [5.41, 5.74) is 2.92. The molecule has 7 heteroatoms. The Morgan fingerprint density at radius 3 is 2.40 bits per heavy atom. The first-order valence-corrected chi connectivity index (χ1v) is 11.5. The molecule has 1 fully saturated rings. The van der Waals surface area contributed by atoms with Crippen molar-refractivity contribution in [3.63, 3.8) is 0 Å². The molecule has 0 radical (unpaired) electrons. The molecule has 0 spiro atoms. The Kier molecular flexibility index (Phi) is 7.45. The van der Waals surface area contributed by atoms with Gasteiger partial charge in [0.05, 0.1) is 24.4 Å². The first-order chi connectivity index (χ1) is 16.9. The van der Waals surface area contributed by atoms with Crippen LogP contribution < -0.4 is 15.4 Å². The lowest BCUT2D eigenvalue weighted by molar-refractivity contribution is -0.125. The molecule has 2 amide bonds. The number of amides is 2. The second-order valence-electron chi connectivity index (χ2n) is 8.60. The molecule has 0 aliphatic heterocycles. The van der Waals surface area contributed by atoms with Gasteiger partial charge in [-0.25, -0.2) is 4.79 Å². The van der Waals surface area contributed by atoms with Crippen LogP contribution in [-0.2, 0) is 9.53 Å². The molecule has 180 valence electrons. The van der Waals surface area contributed by atoms with Crippen LogP contribution in [0.3, 0.4) is 0 Å². The monoisotopic (exact) mass is 472 g/mol. The van der Waals surface area contributed by atoms with Crippen LogP contribution in [0.2, 0.25) is 0 Å². The van der Waals surface area contributed by atoms with Crippen LogP contribution in [0, 0.1) is 12.8 Å². The molecule has 1 unspecified atom stereocenters. The van der Waals surface area contributed by atoms with E-state index in [0.29, 0.717) is 17.2 Å². The van der Waals surface area contributed by atoms with Gasteiger partial charge in [0.1, 0.15) is 5.75 Å². The summed E-state index contributed by atoms with van der Waals surface area (Å²) in [4.78, 5) is 38.0. The highest BCUT2D eigenvalue weighted by atomic mass is 16.5. The van der Waals surface area contributed by atoms with E-state index in [2.05, 4.69) is 10.6 Å². The van der Waals surface area contributed by atoms with Crippen LogP contribution in [0.4, 0.5) is 5.69 Å². The summed E-state index contributed by atoms with van der Waals surface area (Å²) in [5.74, 6) is -0.296. The molecule has 7 nitrogen and oxygen atoms in total. The summed E-state index contributed by atoms with van der Waals surface area (Å²) in [7, 11) is 1.61. The number of carbonyl (C=O) groups is 3. The summed E-state index contributed by atoms with van der Waals surface area (Å²) in [6.07, 6.45) is 2.07. The lowest BCUT2D eigenvalue weighted by Crippen LogP contribution is -2.33. The number of aryl methyl sites for hydroxylation is 1. The molecule has 3 aromatic carbocycles. The molecule has 3 aromatic rings. The number of anilines is 1. The third-order valence-electron chi connectivity index (χ3n) is 5.89. The Morgan fingerprint density at radius 1 is 0.971 bits per heavy atom. The summed E-state index contributed by atoms with van der Waals surface area (Å²) < 4.78 is 10.5. The van der Waals surface area contributed by atoms with Gasteiger partial charge >= 0.3 is 5.97 Å². The van der Waals surface area contributed by atoms with Crippen molar-refractivity contribution in [1.82, 2.24) is 5.32 Å². The second kappa shape index (κ2) is 10.9. The molecule has 1 aliphatic rings. The number of esters is 1. The topological polar surface area (TPSA) is 93.7 Å². The predicted molar refractivity (Wildman–Crippen MR) is 132 cm³/mol. The lowest BCUT2D eigenvalue weighted by atomic mass is 10.0. The highest BCUT2D eigenvalue weighted by Gasteiger charge is 2.33. The van der Waals surface area contributed by atoms with E-state index in [9.17, 15) is 14.4 Å². The molecule has 0 saturated heterocycles. The van der Waals surface area contributed by atoms with Gasteiger partial charge in [-0.3, -0.25) is 9.59 Å². The highest BCUT2D eigenvalue weighted by Crippen LogP contribution is 2.41. The van der Waals surface area contributed by atoms with Gasteiger partial charge in [0, 0.05) is 5.56 Å². The SMILES string of the molecule is COc1ccc(C(NC(=O)COC(=O)c2ccccc2NC(=O)c2cccc(C)c2)C2CC2)cc1. The number of nitrogens with one attached hydrogen (secondary N) is 2. The number of rotatable bonds is 9. The largest absolute Gasteiger partial charge is 0.497 e. The van der Waals surface area contributed by atoms with Gasteiger partial charge in [0.25, 0.3) is 11.8 Å². The van der Waals surface area contributed by atoms with E-state index in [1.807, 2.05) is 37.3 Å². The van der Waals surface area contributed by atoms with Crippen molar-refractivity contribution in [3.05, 3.63) is 95.1 Å². The summed E-state index contributed by atoms with van der Waals surface area (Å²) in [6, 6.07) is 21.2. The van der Waals surface area contributed by atoms with Crippen LogP contribution in [-0.4, -0.2) is 31.5 Å². The van der Waals surface area contributed by atoms with Gasteiger partial charge in [-0.1, -0.05) is 42.0 Å². The van der Waals surface area contributed by atoms with Gasteiger partial charge in [-0.2, -0.15) is 0 Å². The number of hydrogen-bond acceptors (Lipinski definition) is 5. The molecular formula is C28H28N2O5. The lowest BCUT2D eigenvalue weighted by Gasteiger charge is -2.19. The highest BCUT2D eigenvalue weighted by molar-refractivity contribution is 6.08. The minimum atomic E-state index is -0.687. The Balaban J connectivity index is 1.37. The Hall–Kier alpha value is -4.13. The maximum absolute atomic E-state index is 12.7. The second-order valence-corrected chi connectivity index (χ2v) is 8.60. The zero-order chi connectivity index (χ0) is 24.8. The van der Waals surface area contributed by atoms with E-state index in [-0.39, 0.29) is 23.4 Å². The Bertz CT molecular complexity index is 1220. The Morgan fingerprint density at radius 2 is 1.71 bits per heavy atom. The van der Waals surface area contributed by atoms with Crippen molar-refractivity contribution >= 4 is 23.5 Å². The summed E-state index contributed by atoms with van der Waals surface area (Å²) in [5, 5.41) is 5.74. The molecule has 2 N–H and O–H groups in total. The minimum absolute atomic E-state index is 0.145. The molecule has 1 atom stereocenters. The normalized spacial score (nSPS) is 13.4. The number of ether oxygens (including phenoxy) is 2. The number of hydrogen-bond donors (Lipinski definition) is 2. The fourth-order valence-electron chi connectivity index (χ4n) is 3.89. The van der Waals surface area contributed by atoms with Gasteiger partial charge in [0.15, 0.2) is 6.61 Å². The van der Waals surface area contributed by atoms with Gasteiger partial charge < -0.3 is 20.1 Å². The van der Waals surface area contributed by atoms with Crippen LogP contribution in [0.25, 0.3) is 0 Å². The van der Waals surface area contributed by atoms with Crippen molar-refractivity contribution in [2.45, 2.75) is 25.8 Å². The average molecular weight is 473 g/mol. The number of para-hydroxylation sites is 1. The van der Waals surface area contributed by atoms with Gasteiger partial charge in [-0.15, -0.1) is 0 Å². The van der Waals surface area contributed by atoms with E-state index in [1.54, 1.807) is 49.6 Å². The fourth-order valence-corrected chi connectivity index (χ4v) is 3.89. The van der Waals surface area contributed by atoms with E-state index in [1.165, 1.54) is 0 Å². The molecule has 4 rings (SSSR count). The van der Waals surface area contributed by atoms with Crippen molar-refractivity contribution in [3.8, 4) is 5.75 Å². The summed E-state index contributed by atoms with van der Waals surface area (Å²) in [6.45, 7) is 1.48. The van der Waals surface area contributed by atoms with Crippen LogP contribution >= 0.6 is 0 Å². The van der Waals surface area contributed by atoms with Crippen LogP contribution in [0.1, 0.15) is 50.7 Å². The number of methoxy groups -OCH3 is 1. The quantitative estimate of drug-likeness (QED) is 0.441. The standard InChI is InChI=1S/C28H28N2O5/c1-18-6-5-7-21(16-18)27(32)29-24-9-4-3-8-23(24)28(33)35-17-25(31)30-26(19-10-11-19)20-12-14-22(34-2)15-13-20/h3-9,12-16,19,26H,10-11,17H2,1-2H3,(H,29,32)(H,30,31).